The molecule has 1 aromatic carbocycles. The van der Waals surface area contributed by atoms with Crippen molar-refractivity contribution in [2.45, 2.75) is 13.0 Å². The van der Waals surface area contributed by atoms with E-state index in [-0.39, 0.29) is 6.54 Å². The lowest BCUT2D eigenvalue weighted by Crippen LogP contribution is -2.33. The molecule has 20 heavy (non-hydrogen) atoms. The van der Waals surface area contributed by atoms with Crippen molar-refractivity contribution < 1.29 is 9.90 Å². The van der Waals surface area contributed by atoms with E-state index in [1.165, 1.54) is 11.0 Å². The van der Waals surface area contributed by atoms with Crippen LogP contribution in [0.25, 0.3) is 0 Å². The normalized spacial score (nSPS) is 11.9. The first-order valence-electron chi connectivity index (χ1n) is 6.20. The van der Waals surface area contributed by atoms with E-state index in [1.807, 2.05) is 31.2 Å². The van der Waals surface area contributed by atoms with E-state index >= 15 is 0 Å². The number of aromatic nitrogens is 3. The number of carbonyl (C=O) groups is 1. The highest BCUT2D eigenvalue weighted by atomic mass is 16.3. The number of benzene rings is 1. The molecule has 2 amide bonds. The van der Waals surface area contributed by atoms with Gasteiger partial charge in [0.25, 0.3) is 0 Å². The smallest absolute Gasteiger partial charge is 0.321 e. The largest absolute Gasteiger partial charge is 0.387 e. The fourth-order valence-corrected chi connectivity index (χ4v) is 1.82. The fourth-order valence-electron chi connectivity index (χ4n) is 1.82. The summed E-state index contributed by atoms with van der Waals surface area (Å²) >= 11 is 0. The van der Waals surface area contributed by atoms with Crippen molar-refractivity contribution in [2.24, 2.45) is 7.05 Å². The zero-order chi connectivity index (χ0) is 14.5. The number of anilines is 1. The van der Waals surface area contributed by atoms with Crippen molar-refractivity contribution in [2.75, 3.05) is 11.9 Å². The van der Waals surface area contributed by atoms with E-state index in [0.29, 0.717) is 5.95 Å². The van der Waals surface area contributed by atoms with Crippen LogP contribution in [-0.4, -0.2) is 32.4 Å². The van der Waals surface area contributed by atoms with Crippen LogP contribution in [0.15, 0.2) is 30.6 Å². The van der Waals surface area contributed by atoms with Gasteiger partial charge in [0, 0.05) is 13.6 Å². The third-order valence-electron chi connectivity index (χ3n) is 2.94. The van der Waals surface area contributed by atoms with Gasteiger partial charge in [-0.3, -0.25) is 5.32 Å². The Balaban J connectivity index is 1.87. The Bertz CT molecular complexity index is 596. The number of nitrogens with one attached hydrogen (secondary N) is 2. The molecule has 0 spiro atoms. The molecule has 1 heterocycles. The second-order valence-electron chi connectivity index (χ2n) is 4.41. The Morgan fingerprint density at radius 2 is 2.20 bits per heavy atom. The molecule has 2 rings (SSSR count). The number of hydrogen-bond donors (Lipinski definition) is 3. The zero-order valence-corrected chi connectivity index (χ0v) is 11.4. The van der Waals surface area contributed by atoms with Gasteiger partial charge in [-0.2, -0.15) is 10.1 Å². The van der Waals surface area contributed by atoms with Crippen molar-refractivity contribution in [1.29, 1.82) is 0 Å². The van der Waals surface area contributed by atoms with Gasteiger partial charge in [0.15, 0.2) is 0 Å². The number of nitrogens with zero attached hydrogens (tertiary/aromatic N) is 3. The maximum Gasteiger partial charge on any atom is 0.321 e. The van der Waals surface area contributed by atoms with Gasteiger partial charge in [0.1, 0.15) is 6.33 Å². The van der Waals surface area contributed by atoms with Crippen LogP contribution in [-0.2, 0) is 7.05 Å². The molecule has 0 aliphatic carbocycles. The Morgan fingerprint density at radius 3 is 2.85 bits per heavy atom. The second kappa shape index (κ2) is 6.16. The molecule has 0 bridgehead atoms. The second-order valence-corrected chi connectivity index (χ2v) is 4.41. The minimum atomic E-state index is -0.749. The number of aliphatic hydroxyl groups is 1. The van der Waals surface area contributed by atoms with Gasteiger partial charge in [-0.25, -0.2) is 9.48 Å². The quantitative estimate of drug-likeness (QED) is 0.775. The molecule has 0 aliphatic rings. The summed E-state index contributed by atoms with van der Waals surface area (Å²) in [5.41, 5.74) is 1.78. The predicted octanol–water partition coefficient (Wildman–Crippen LogP) is 0.979. The van der Waals surface area contributed by atoms with E-state index in [0.717, 1.165) is 11.1 Å². The summed E-state index contributed by atoms with van der Waals surface area (Å²) in [6.45, 7) is 2.03. The van der Waals surface area contributed by atoms with Crippen molar-refractivity contribution in [3.8, 4) is 0 Å². The standard InChI is InChI=1S/C13H17N5O2/c1-9-5-3-4-6-10(9)11(19)7-14-13(20)17-12-15-8-16-18(12)2/h3-6,8,11,19H,7H2,1-2H3,(H2,14,15,16,17,20). The molecule has 0 saturated carbocycles. The summed E-state index contributed by atoms with van der Waals surface area (Å²) in [4.78, 5) is 15.5. The van der Waals surface area contributed by atoms with E-state index in [1.54, 1.807) is 7.05 Å². The van der Waals surface area contributed by atoms with Crippen molar-refractivity contribution in [1.82, 2.24) is 20.1 Å². The molecule has 0 radical (unpaired) electrons. The topological polar surface area (TPSA) is 92.1 Å². The summed E-state index contributed by atoms with van der Waals surface area (Å²) in [6.07, 6.45) is 0.596. The van der Waals surface area contributed by atoms with Crippen LogP contribution in [0.4, 0.5) is 10.7 Å². The van der Waals surface area contributed by atoms with Crippen LogP contribution >= 0.6 is 0 Å². The molecular formula is C13H17N5O2. The summed E-state index contributed by atoms with van der Waals surface area (Å²) < 4.78 is 1.44. The molecule has 2 aromatic rings. The first kappa shape index (κ1) is 14.0. The number of aliphatic hydroxyl groups excluding tert-OH is 1. The highest BCUT2D eigenvalue weighted by Crippen LogP contribution is 2.16. The Labute approximate surface area is 116 Å². The van der Waals surface area contributed by atoms with E-state index in [2.05, 4.69) is 20.7 Å². The monoisotopic (exact) mass is 275 g/mol. The van der Waals surface area contributed by atoms with Crippen LogP contribution < -0.4 is 10.6 Å². The molecular weight excluding hydrogens is 258 g/mol. The average molecular weight is 275 g/mol. The highest BCUT2D eigenvalue weighted by Gasteiger charge is 2.12. The first-order chi connectivity index (χ1) is 9.58. The fraction of sp³-hybridized carbons (Fsp3) is 0.308. The maximum absolute atomic E-state index is 11.7. The van der Waals surface area contributed by atoms with Crippen molar-refractivity contribution in [3.05, 3.63) is 41.7 Å². The molecule has 0 aliphatic heterocycles. The summed E-state index contributed by atoms with van der Waals surface area (Å²) in [6, 6.07) is 7.07. The number of hydrogen-bond acceptors (Lipinski definition) is 4. The van der Waals surface area contributed by atoms with Crippen molar-refractivity contribution >= 4 is 12.0 Å². The number of aryl methyl sites for hydroxylation is 2. The molecule has 7 nitrogen and oxygen atoms in total. The number of rotatable bonds is 4. The molecule has 1 atom stereocenters. The van der Waals surface area contributed by atoms with E-state index in [4.69, 9.17) is 0 Å². The molecule has 7 heteroatoms. The average Bonchev–Trinajstić information content (AvgIpc) is 2.82. The minimum Gasteiger partial charge on any atom is -0.387 e. The lowest BCUT2D eigenvalue weighted by Gasteiger charge is -2.14. The van der Waals surface area contributed by atoms with E-state index < -0.39 is 12.1 Å². The SMILES string of the molecule is Cc1ccccc1C(O)CNC(=O)Nc1ncnn1C. The summed E-state index contributed by atoms with van der Waals surface area (Å²) in [5.74, 6) is 0.341. The lowest BCUT2D eigenvalue weighted by molar-refractivity contribution is 0.174. The minimum absolute atomic E-state index is 0.120. The number of amides is 2. The summed E-state index contributed by atoms with van der Waals surface area (Å²) in [7, 11) is 1.67. The van der Waals surface area contributed by atoms with E-state index in [9.17, 15) is 9.90 Å². The van der Waals surface area contributed by atoms with Gasteiger partial charge < -0.3 is 10.4 Å². The van der Waals surface area contributed by atoms with Crippen LogP contribution in [0.2, 0.25) is 0 Å². The van der Waals surface area contributed by atoms with Crippen LogP contribution in [0.1, 0.15) is 17.2 Å². The third-order valence-corrected chi connectivity index (χ3v) is 2.94. The Morgan fingerprint density at radius 1 is 1.45 bits per heavy atom. The van der Waals surface area contributed by atoms with Crippen molar-refractivity contribution in [3.63, 3.8) is 0 Å². The van der Waals surface area contributed by atoms with Gasteiger partial charge in [-0.1, -0.05) is 24.3 Å². The third kappa shape index (κ3) is 3.33. The van der Waals surface area contributed by atoms with Gasteiger partial charge in [-0.05, 0) is 18.1 Å². The zero-order valence-electron chi connectivity index (χ0n) is 11.4. The first-order valence-corrected chi connectivity index (χ1v) is 6.20. The number of carbonyl (C=O) groups excluding carboxylic acids is 1. The van der Waals surface area contributed by atoms with Gasteiger partial charge in [-0.15, -0.1) is 0 Å². The van der Waals surface area contributed by atoms with Crippen LogP contribution in [0.3, 0.4) is 0 Å². The Kier molecular flexibility index (Phi) is 4.31. The lowest BCUT2D eigenvalue weighted by atomic mass is 10.0. The van der Waals surface area contributed by atoms with Crippen LogP contribution in [0, 0.1) is 6.92 Å². The Hall–Kier alpha value is -2.41. The molecule has 1 unspecified atom stereocenters. The highest BCUT2D eigenvalue weighted by molar-refractivity contribution is 5.87. The summed E-state index contributed by atoms with van der Waals surface area (Å²) in [5, 5.41) is 19.0. The van der Waals surface area contributed by atoms with Gasteiger partial charge in [0.2, 0.25) is 5.95 Å². The molecule has 1 aromatic heterocycles. The van der Waals surface area contributed by atoms with Gasteiger partial charge >= 0.3 is 6.03 Å². The maximum atomic E-state index is 11.7. The van der Waals surface area contributed by atoms with Gasteiger partial charge in [0.05, 0.1) is 6.10 Å². The molecule has 0 saturated heterocycles. The molecule has 0 fully saturated rings. The predicted molar refractivity (Wildman–Crippen MR) is 74.2 cm³/mol. The number of urea groups is 1. The molecule has 3 N–H and O–H groups in total. The van der Waals surface area contributed by atoms with Crippen LogP contribution in [0.5, 0.6) is 0 Å². The molecule has 106 valence electrons.